The summed E-state index contributed by atoms with van der Waals surface area (Å²) in [6.45, 7) is 11.6. The maximum atomic E-state index is 12.3. The summed E-state index contributed by atoms with van der Waals surface area (Å²) in [6, 6.07) is 15.1. The zero-order chi connectivity index (χ0) is 26.7. The third-order valence-electron chi connectivity index (χ3n) is 6.60. The Morgan fingerprint density at radius 3 is 2.05 bits per heavy atom. The van der Waals surface area contributed by atoms with Crippen LogP contribution in [0, 0.1) is 10.8 Å². The smallest absolute Gasteiger partial charge is 0.338 e. The van der Waals surface area contributed by atoms with Gasteiger partial charge in [0.05, 0.1) is 37.4 Å². The van der Waals surface area contributed by atoms with Crippen LogP contribution in [0.1, 0.15) is 57.3 Å². The molecule has 0 unspecified atom stereocenters. The van der Waals surface area contributed by atoms with Crippen molar-refractivity contribution in [2.24, 2.45) is 10.8 Å². The molecule has 0 saturated carbocycles. The van der Waals surface area contributed by atoms with Crippen molar-refractivity contribution in [1.82, 2.24) is 0 Å². The molecule has 7 nitrogen and oxygen atoms in total. The molecule has 0 aliphatic carbocycles. The van der Waals surface area contributed by atoms with Gasteiger partial charge in [-0.25, -0.2) is 4.79 Å². The topological polar surface area (TPSA) is 80.3 Å². The van der Waals surface area contributed by atoms with Crippen LogP contribution in [0.3, 0.4) is 0 Å². The molecule has 0 aromatic heterocycles. The average molecular weight is 513 g/mol. The lowest BCUT2D eigenvalue weighted by Gasteiger charge is -2.37. The number of unbranched alkanes of at least 4 members (excludes halogenated alkanes) is 1. The normalized spacial score (nSPS) is 14.5. The molecule has 3 rings (SSSR count). The van der Waals surface area contributed by atoms with Gasteiger partial charge in [0, 0.05) is 12.0 Å². The minimum Gasteiger partial charge on any atom is -0.494 e. The van der Waals surface area contributed by atoms with E-state index in [1.807, 2.05) is 57.2 Å². The number of hydrogen-bond acceptors (Lipinski definition) is 7. The third kappa shape index (κ3) is 8.86. The SMILES string of the molecule is CCC(C)(C)C(=O)OCCOC(=O)c1ccc(-c2ccc(OCCCCOCC3(C)COC3)cc2)cc1. The zero-order valence-corrected chi connectivity index (χ0v) is 22.5. The number of esters is 2. The fourth-order valence-electron chi connectivity index (χ4n) is 3.58. The summed E-state index contributed by atoms with van der Waals surface area (Å²) >= 11 is 0. The van der Waals surface area contributed by atoms with Crippen molar-refractivity contribution in [3.63, 3.8) is 0 Å². The van der Waals surface area contributed by atoms with E-state index in [4.69, 9.17) is 23.7 Å². The van der Waals surface area contributed by atoms with Crippen LogP contribution in [0.5, 0.6) is 5.75 Å². The van der Waals surface area contributed by atoms with Gasteiger partial charge in [-0.3, -0.25) is 4.79 Å². The number of carbonyl (C=O) groups is 2. The summed E-state index contributed by atoms with van der Waals surface area (Å²) < 4.78 is 27.3. The van der Waals surface area contributed by atoms with Crippen LogP contribution in [0.4, 0.5) is 0 Å². The number of hydrogen-bond donors (Lipinski definition) is 0. The molecule has 0 spiro atoms. The second-order valence-corrected chi connectivity index (χ2v) is 10.5. The Kier molecular flexibility index (Phi) is 10.5. The lowest BCUT2D eigenvalue weighted by molar-refractivity contribution is -0.155. The molecule has 0 N–H and O–H groups in total. The highest BCUT2D eigenvalue weighted by Gasteiger charge is 2.33. The molecule has 37 heavy (non-hydrogen) atoms. The van der Waals surface area contributed by atoms with Crippen molar-refractivity contribution in [3.8, 4) is 16.9 Å². The van der Waals surface area contributed by atoms with Gasteiger partial charge in [0.2, 0.25) is 0 Å². The Balaban J connectivity index is 1.34. The Morgan fingerprint density at radius 2 is 1.46 bits per heavy atom. The first-order valence-corrected chi connectivity index (χ1v) is 13.1. The number of benzene rings is 2. The number of ether oxygens (including phenoxy) is 5. The van der Waals surface area contributed by atoms with Crippen LogP contribution in [0.25, 0.3) is 11.1 Å². The summed E-state index contributed by atoms with van der Waals surface area (Å²) in [6.07, 6.45) is 2.58. The van der Waals surface area contributed by atoms with Crippen LogP contribution in [0.2, 0.25) is 0 Å². The van der Waals surface area contributed by atoms with Crippen molar-refractivity contribution < 1.29 is 33.3 Å². The fourth-order valence-corrected chi connectivity index (χ4v) is 3.58. The molecule has 0 bridgehead atoms. The molecule has 202 valence electrons. The molecule has 1 saturated heterocycles. The maximum absolute atomic E-state index is 12.3. The van der Waals surface area contributed by atoms with Crippen LogP contribution >= 0.6 is 0 Å². The van der Waals surface area contributed by atoms with Crippen molar-refractivity contribution in [1.29, 1.82) is 0 Å². The summed E-state index contributed by atoms with van der Waals surface area (Å²) in [7, 11) is 0. The molecule has 0 atom stereocenters. The first-order chi connectivity index (χ1) is 17.7. The molecular weight excluding hydrogens is 472 g/mol. The summed E-state index contributed by atoms with van der Waals surface area (Å²) in [5, 5.41) is 0. The zero-order valence-electron chi connectivity index (χ0n) is 22.5. The molecule has 0 amide bonds. The van der Waals surface area contributed by atoms with E-state index in [-0.39, 0.29) is 24.6 Å². The molecule has 2 aromatic rings. The Morgan fingerprint density at radius 1 is 0.865 bits per heavy atom. The molecule has 0 radical (unpaired) electrons. The van der Waals surface area contributed by atoms with Gasteiger partial charge < -0.3 is 23.7 Å². The second kappa shape index (κ2) is 13.6. The van der Waals surface area contributed by atoms with E-state index < -0.39 is 11.4 Å². The van der Waals surface area contributed by atoms with Crippen molar-refractivity contribution >= 4 is 11.9 Å². The van der Waals surface area contributed by atoms with E-state index in [9.17, 15) is 9.59 Å². The highest BCUT2D eigenvalue weighted by atomic mass is 16.6. The summed E-state index contributed by atoms with van der Waals surface area (Å²) in [4.78, 5) is 24.3. The van der Waals surface area contributed by atoms with Crippen LogP contribution in [0.15, 0.2) is 48.5 Å². The van der Waals surface area contributed by atoms with E-state index in [1.165, 1.54) is 0 Å². The molecule has 1 aliphatic rings. The minimum absolute atomic E-state index is 0.0233. The number of carbonyl (C=O) groups excluding carboxylic acids is 2. The third-order valence-corrected chi connectivity index (χ3v) is 6.60. The lowest BCUT2D eigenvalue weighted by Crippen LogP contribution is -2.43. The summed E-state index contributed by atoms with van der Waals surface area (Å²) in [5.74, 6) is 0.0893. The maximum Gasteiger partial charge on any atom is 0.338 e. The number of rotatable bonds is 15. The Labute approximate surface area is 220 Å². The first kappa shape index (κ1) is 28.7. The van der Waals surface area contributed by atoms with E-state index in [2.05, 4.69) is 6.92 Å². The molecule has 2 aromatic carbocycles. The van der Waals surface area contributed by atoms with Gasteiger partial charge >= 0.3 is 11.9 Å². The van der Waals surface area contributed by atoms with E-state index in [0.717, 1.165) is 56.1 Å². The summed E-state index contributed by atoms with van der Waals surface area (Å²) in [5.41, 5.74) is 2.12. The monoisotopic (exact) mass is 512 g/mol. The predicted molar refractivity (Wildman–Crippen MR) is 142 cm³/mol. The second-order valence-electron chi connectivity index (χ2n) is 10.5. The van der Waals surface area contributed by atoms with Crippen molar-refractivity contribution in [2.45, 2.75) is 47.0 Å². The van der Waals surface area contributed by atoms with Gasteiger partial charge in [-0.2, -0.15) is 0 Å². The van der Waals surface area contributed by atoms with Crippen molar-refractivity contribution in [3.05, 3.63) is 54.1 Å². The molecule has 1 fully saturated rings. The van der Waals surface area contributed by atoms with Crippen molar-refractivity contribution in [2.75, 3.05) is 46.2 Å². The van der Waals surface area contributed by atoms with E-state index in [1.54, 1.807) is 12.1 Å². The highest BCUT2D eigenvalue weighted by molar-refractivity contribution is 5.90. The highest BCUT2D eigenvalue weighted by Crippen LogP contribution is 2.27. The largest absolute Gasteiger partial charge is 0.494 e. The lowest BCUT2D eigenvalue weighted by atomic mass is 9.90. The standard InChI is InChI=1S/C30H40O7/c1-5-29(2,3)28(32)37-19-18-36-27(31)25-10-8-23(9-11-25)24-12-14-26(15-13-24)35-17-7-6-16-33-20-30(4)21-34-22-30/h8-15H,5-7,16-22H2,1-4H3. The van der Waals surface area contributed by atoms with Gasteiger partial charge in [-0.1, -0.05) is 38.1 Å². The molecular formula is C30H40O7. The minimum atomic E-state index is -0.538. The molecule has 1 heterocycles. The van der Waals surface area contributed by atoms with Gasteiger partial charge in [-0.15, -0.1) is 0 Å². The van der Waals surface area contributed by atoms with Gasteiger partial charge in [0.25, 0.3) is 0 Å². The van der Waals surface area contributed by atoms with Crippen LogP contribution in [-0.2, 0) is 23.7 Å². The predicted octanol–water partition coefficient (Wildman–Crippen LogP) is 5.70. The van der Waals surface area contributed by atoms with Gasteiger partial charge in [0.15, 0.2) is 0 Å². The van der Waals surface area contributed by atoms with Gasteiger partial charge in [-0.05, 0) is 68.5 Å². The Hall–Kier alpha value is -2.90. The first-order valence-electron chi connectivity index (χ1n) is 13.1. The van der Waals surface area contributed by atoms with E-state index >= 15 is 0 Å². The van der Waals surface area contributed by atoms with Gasteiger partial charge in [0.1, 0.15) is 19.0 Å². The fraction of sp³-hybridized carbons (Fsp3) is 0.533. The average Bonchev–Trinajstić information content (AvgIpc) is 2.89. The van der Waals surface area contributed by atoms with Crippen LogP contribution < -0.4 is 4.74 Å². The van der Waals surface area contributed by atoms with Crippen LogP contribution in [-0.4, -0.2) is 58.2 Å². The quantitative estimate of drug-likeness (QED) is 0.224. The Bertz CT molecular complexity index is 992. The van der Waals surface area contributed by atoms with E-state index in [0.29, 0.717) is 18.6 Å². The molecule has 7 heteroatoms. The molecule has 1 aliphatic heterocycles.